The van der Waals surface area contributed by atoms with Gasteiger partial charge in [-0.1, -0.05) is 13.2 Å². The van der Waals surface area contributed by atoms with Crippen LogP contribution in [0.2, 0.25) is 0 Å². The molecule has 36 heavy (non-hydrogen) atoms. The van der Waals surface area contributed by atoms with E-state index in [-0.39, 0.29) is 24.6 Å². The number of nitrogens with two attached hydrogens (primary N) is 1. The van der Waals surface area contributed by atoms with Gasteiger partial charge in [-0.3, -0.25) is 14.7 Å². The molecular weight excluding hydrogens is 459 g/mol. The van der Waals surface area contributed by atoms with Crippen molar-refractivity contribution in [3.8, 4) is 5.69 Å². The van der Waals surface area contributed by atoms with Gasteiger partial charge in [0.05, 0.1) is 34.8 Å². The number of benzene rings is 1. The molecule has 0 aliphatic carbocycles. The van der Waals surface area contributed by atoms with Crippen molar-refractivity contribution in [1.29, 1.82) is 0 Å². The average Bonchev–Trinajstić information content (AvgIpc) is 3.26. The number of likely N-dealkylation sites (N-methyl/N-ethyl adjacent to an activating group) is 1. The molecule has 2 heterocycles. The molecule has 9 heteroatoms. The first-order valence-electron chi connectivity index (χ1n) is 11.8. The van der Waals surface area contributed by atoms with Gasteiger partial charge in [0.1, 0.15) is 12.0 Å². The number of rotatable bonds is 9. The lowest BCUT2D eigenvalue weighted by molar-refractivity contribution is 0.100. The van der Waals surface area contributed by atoms with Crippen molar-refractivity contribution in [1.82, 2.24) is 14.7 Å². The van der Waals surface area contributed by atoms with Gasteiger partial charge in [0.25, 0.3) is 5.91 Å². The molecule has 0 spiro atoms. The van der Waals surface area contributed by atoms with E-state index < -0.39 is 12.0 Å². The molecule has 1 aliphatic rings. The molecule has 0 radical (unpaired) electrons. The van der Waals surface area contributed by atoms with Crippen LogP contribution in [0.5, 0.6) is 0 Å². The minimum absolute atomic E-state index is 0.101. The highest BCUT2D eigenvalue weighted by Crippen LogP contribution is 2.33. The van der Waals surface area contributed by atoms with Crippen molar-refractivity contribution in [2.24, 2.45) is 10.7 Å². The van der Waals surface area contributed by atoms with Crippen molar-refractivity contribution >= 4 is 22.9 Å². The number of hydrogen-bond donors (Lipinski definition) is 3. The summed E-state index contributed by atoms with van der Waals surface area (Å²) in [5.74, 6) is -0.957. The van der Waals surface area contributed by atoms with Crippen molar-refractivity contribution in [2.45, 2.75) is 52.9 Å². The van der Waals surface area contributed by atoms with E-state index in [9.17, 15) is 14.3 Å². The molecule has 0 saturated carbocycles. The Labute approximate surface area is 211 Å². The Bertz CT molecular complexity index is 1270. The van der Waals surface area contributed by atoms with Crippen LogP contribution >= 0.6 is 0 Å². The third kappa shape index (κ3) is 5.32. The number of aliphatic hydroxyl groups excluding tert-OH is 1. The van der Waals surface area contributed by atoms with E-state index in [1.807, 2.05) is 32.7 Å². The summed E-state index contributed by atoms with van der Waals surface area (Å²) >= 11 is 0. The third-order valence-electron chi connectivity index (χ3n) is 6.40. The summed E-state index contributed by atoms with van der Waals surface area (Å²) < 4.78 is 16.0. The first-order valence-corrected chi connectivity index (χ1v) is 11.8. The smallest absolute Gasteiger partial charge is 0.250 e. The molecule has 4 N–H and O–H groups in total. The molecule has 3 atom stereocenters. The zero-order valence-electron chi connectivity index (χ0n) is 21.8. The average molecular weight is 495 g/mol. The summed E-state index contributed by atoms with van der Waals surface area (Å²) in [6, 6.07) is 5.08. The SMILES string of the molecule is C=C(C)/C(F)=C\C1=NC(C(=C)c2c(C)nn(-c3ccc(C(N)=O)c(NCC(C)O)c3)c2C)N(C)C1C. The highest BCUT2D eigenvalue weighted by Gasteiger charge is 2.33. The molecule has 0 bridgehead atoms. The van der Waals surface area contributed by atoms with Gasteiger partial charge >= 0.3 is 0 Å². The van der Waals surface area contributed by atoms with Gasteiger partial charge in [-0.2, -0.15) is 5.10 Å². The first-order chi connectivity index (χ1) is 16.8. The maximum absolute atomic E-state index is 14.2. The minimum Gasteiger partial charge on any atom is -0.392 e. The lowest BCUT2D eigenvalue weighted by Crippen LogP contribution is -2.34. The number of aliphatic hydroxyl groups is 1. The number of anilines is 1. The largest absolute Gasteiger partial charge is 0.392 e. The van der Waals surface area contributed by atoms with E-state index in [1.165, 1.54) is 6.08 Å². The summed E-state index contributed by atoms with van der Waals surface area (Å²) in [7, 11) is 1.93. The number of carbonyl (C=O) groups is 1. The molecule has 1 aromatic carbocycles. The number of nitrogens with one attached hydrogen (secondary N) is 1. The number of aryl methyl sites for hydroxylation is 1. The number of nitrogens with zero attached hydrogens (tertiary/aromatic N) is 4. The van der Waals surface area contributed by atoms with Crippen LogP contribution in [0, 0.1) is 13.8 Å². The molecule has 1 aliphatic heterocycles. The zero-order chi connectivity index (χ0) is 26.9. The lowest BCUT2D eigenvalue weighted by Gasteiger charge is -2.24. The minimum atomic E-state index is -0.604. The van der Waals surface area contributed by atoms with Gasteiger partial charge in [-0.25, -0.2) is 9.07 Å². The molecule has 0 saturated heterocycles. The monoisotopic (exact) mass is 494 g/mol. The van der Waals surface area contributed by atoms with Crippen LogP contribution < -0.4 is 11.1 Å². The molecule has 1 aromatic heterocycles. The fourth-order valence-corrected chi connectivity index (χ4v) is 4.27. The number of primary amides is 1. The van der Waals surface area contributed by atoms with E-state index in [2.05, 4.69) is 18.5 Å². The first kappa shape index (κ1) is 27.0. The Morgan fingerprint density at radius 2 is 2.03 bits per heavy atom. The highest BCUT2D eigenvalue weighted by atomic mass is 19.1. The normalized spacial score (nSPS) is 19.2. The predicted molar refractivity (Wildman–Crippen MR) is 143 cm³/mol. The summed E-state index contributed by atoms with van der Waals surface area (Å²) in [5.41, 5.74) is 11.3. The Morgan fingerprint density at radius 1 is 1.36 bits per heavy atom. The van der Waals surface area contributed by atoms with Crippen LogP contribution in [-0.2, 0) is 0 Å². The van der Waals surface area contributed by atoms with E-state index in [0.717, 1.165) is 28.2 Å². The number of allylic oxidation sites excluding steroid dienone is 2. The van der Waals surface area contributed by atoms with Crippen LogP contribution in [0.25, 0.3) is 11.3 Å². The summed E-state index contributed by atoms with van der Waals surface area (Å²) in [5, 5.41) is 17.5. The summed E-state index contributed by atoms with van der Waals surface area (Å²) in [4.78, 5) is 18.7. The number of halogens is 1. The molecule has 192 valence electrons. The van der Waals surface area contributed by atoms with E-state index in [1.54, 1.807) is 36.7 Å². The number of carbonyl (C=O) groups excluding carboxylic acids is 1. The maximum Gasteiger partial charge on any atom is 0.250 e. The van der Waals surface area contributed by atoms with E-state index in [4.69, 9.17) is 15.8 Å². The van der Waals surface area contributed by atoms with Gasteiger partial charge in [0.15, 0.2) is 0 Å². The Kier molecular flexibility index (Phi) is 7.96. The van der Waals surface area contributed by atoms with Crippen molar-refractivity contribution < 1.29 is 14.3 Å². The molecular formula is C27H35FN6O2. The molecule has 0 fully saturated rings. The van der Waals surface area contributed by atoms with E-state index in [0.29, 0.717) is 22.5 Å². The second-order valence-corrected chi connectivity index (χ2v) is 9.35. The Balaban J connectivity index is 2.00. The highest BCUT2D eigenvalue weighted by molar-refractivity contribution is 6.02. The third-order valence-corrected chi connectivity index (χ3v) is 6.40. The zero-order valence-corrected chi connectivity index (χ0v) is 21.8. The van der Waals surface area contributed by atoms with Crippen LogP contribution in [0.15, 0.2) is 53.8 Å². The van der Waals surface area contributed by atoms with Crippen LogP contribution in [0.3, 0.4) is 0 Å². The fraction of sp³-hybridized carbons (Fsp3) is 0.370. The quantitative estimate of drug-likeness (QED) is 0.458. The summed E-state index contributed by atoms with van der Waals surface area (Å²) in [6.07, 6.45) is 0.454. The number of aliphatic imine (C=N–C) groups is 1. The number of amides is 1. The molecule has 3 unspecified atom stereocenters. The standard InChI is InChI=1S/C27H35FN6O2/c1-14(2)22(28)12-23-18(6)33(8)27(31-23)16(4)25-17(5)32-34(19(25)7)20-9-10-21(26(29)36)24(11-20)30-13-15(3)35/h9-12,15,18,27,30,35H,1,4,13H2,2-3,5-8H3,(H2,29,36)/b22-12+. The summed E-state index contributed by atoms with van der Waals surface area (Å²) in [6.45, 7) is 17.3. The second kappa shape index (κ2) is 10.6. The topological polar surface area (TPSA) is 109 Å². The molecule has 8 nitrogen and oxygen atoms in total. The molecule has 3 rings (SSSR count). The predicted octanol–water partition coefficient (Wildman–Crippen LogP) is 3.92. The lowest BCUT2D eigenvalue weighted by atomic mass is 10.0. The van der Waals surface area contributed by atoms with Gasteiger partial charge in [-0.15, -0.1) is 0 Å². The Hall–Kier alpha value is -3.56. The van der Waals surface area contributed by atoms with Gasteiger partial charge in [-0.05, 0) is 77.1 Å². The van der Waals surface area contributed by atoms with Gasteiger partial charge in [0.2, 0.25) is 0 Å². The number of hydrogen-bond acceptors (Lipinski definition) is 6. The fourth-order valence-electron chi connectivity index (χ4n) is 4.27. The van der Waals surface area contributed by atoms with Crippen LogP contribution in [0.1, 0.15) is 48.1 Å². The second-order valence-electron chi connectivity index (χ2n) is 9.35. The van der Waals surface area contributed by atoms with Gasteiger partial charge < -0.3 is 16.2 Å². The van der Waals surface area contributed by atoms with Crippen LogP contribution in [0.4, 0.5) is 10.1 Å². The van der Waals surface area contributed by atoms with Crippen molar-refractivity contribution in [3.05, 3.63) is 71.3 Å². The molecule has 1 amide bonds. The van der Waals surface area contributed by atoms with E-state index >= 15 is 0 Å². The van der Waals surface area contributed by atoms with Crippen LogP contribution in [-0.4, -0.2) is 63.3 Å². The van der Waals surface area contributed by atoms with Crippen molar-refractivity contribution in [3.63, 3.8) is 0 Å². The Morgan fingerprint density at radius 3 is 2.61 bits per heavy atom. The maximum atomic E-state index is 14.2. The van der Waals surface area contributed by atoms with Crippen molar-refractivity contribution in [2.75, 3.05) is 18.9 Å². The number of aromatic nitrogens is 2. The molecule has 2 aromatic rings. The van der Waals surface area contributed by atoms with Gasteiger partial charge in [0, 0.05) is 23.5 Å².